The number of benzene rings is 1. The van der Waals surface area contributed by atoms with Gasteiger partial charge in [-0.15, -0.1) is 0 Å². The van der Waals surface area contributed by atoms with Crippen molar-refractivity contribution in [2.75, 3.05) is 12.4 Å². The van der Waals surface area contributed by atoms with Crippen molar-refractivity contribution < 1.29 is 18.3 Å². The zero-order valence-corrected chi connectivity index (χ0v) is 9.85. The fourth-order valence-electron chi connectivity index (χ4n) is 1.20. The minimum atomic E-state index is -2.95. The van der Waals surface area contributed by atoms with E-state index in [2.05, 4.69) is 10.1 Å². The van der Waals surface area contributed by atoms with E-state index in [1.807, 2.05) is 0 Å². The molecule has 0 radical (unpaired) electrons. The smallest absolute Gasteiger partial charge is 0.387 e. The second kappa shape index (κ2) is 6.82. The highest BCUT2D eigenvalue weighted by Crippen LogP contribution is 2.31. The van der Waals surface area contributed by atoms with Crippen molar-refractivity contribution in [3.63, 3.8) is 0 Å². The number of nitrogens with zero attached hydrogens (tertiary/aromatic N) is 2. The van der Waals surface area contributed by atoms with Crippen molar-refractivity contribution in [1.29, 1.82) is 10.5 Å². The average molecular weight is 265 g/mol. The molecule has 0 aromatic heterocycles. The largest absolute Gasteiger partial charge is 0.493 e. The molecule has 0 amide bonds. The first-order chi connectivity index (χ1) is 9.10. The van der Waals surface area contributed by atoms with Gasteiger partial charge in [-0.1, -0.05) is 0 Å². The lowest BCUT2D eigenvalue weighted by molar-refractivity contribution is -0.0512. The van der Waals surface area contributed by atoms with E-state index in [4.69, 9.17) is 15.3 Å². The first-order valence-corrected chi connectivity index (χ1v) is 5.00. The molecule has 0 saturated heterocycles. The molecule has 5 nitrogen and oxygen atoms in total. The van der Waals surface area contributed by atoms with Gasteiger partial charge in [0, 0.05) is 18.0 Å². The first kappa shape index (κ1) is 14.3. The normalized spacial score (nSPS) is 9.16. The molecule has 1 N–H and O–H groups in total. The Bertz CT molecular complexity index is 543. The van der Waals surface area contributed by atoms with Gasteiger partial charge in [0.15, 0.2) is 11.5 Å². The molecule has 0 aliphatic carbocycles. The highest BCUT2D eigenvalue weighted by atomic mass is 19.3. The van der Waals surface area contributed by atoms with Gasteiger partial charge in [0.2, 0.25) is 0 Å². The molecule has 0 unspecified atom stereocenters. The van der Waals surface area contributed by atoms with Crippen molar-refractivity contribution in [1.82, 2.24) is 0 Å². The van der Waals surface area contributed by atoms with Crippen LogP contribution in [0.3, 0.4) is 0 Å². The highest BCUT2D eigenvalue weighted by molar-refractivity contribution is 5.57. The molecule has 0 saturated carbocycles. The number of nitrogens with one attached hydrogen (secondary N) is 1. The Hall–Kier alpha value is -2.80. The summed E-state index contributed by atoms with van der Waals surface area (Å²) in [6, 6.07) is 7.48. The summed E-state index contributed by atoms with van der Waals surface area (Å²) in [6.07, 6.45) is 1.20. The van der Waals surface area contributed by atoms with Gasteiger partial charge in [-0.25, -0.2) is 0 Å². The zero-order valence-electron chi connectivity index (χ0n) is 9.85. The van der Waals surface area contributed by atoms with Crippen LogP contribution < -0.4 is 14.8 Å². The van der Waals surface area contributed by atoms with Crippen LogP contribution in [0, 0.1) is 22.7 Å². The van der Waals surface area contributed by atoms with Gasteiger partial charge in [-0.05, 0) is 12.1 Å². The number of nitriles is 2. The van der Waals surface area contributed by atoms with E-state index in [1.54, 1.807) is 12.1 Å². The molecular formula is C12H9F2N3O2. The molecule has 19 heavy (non-hydrogen) atoms. The number of hydrogen-bond acceptors (Lipinski definition) is 5. The summed E-state index contributed by atoms with van der Waals surface area (Å²) in [5.74, 6) is 0.00184. The topological polar surface area (TPSA) is 78.1 Å². The quantitative estimate of drug-likeness (QED) is 0.828. The van der Waals surface area contributed by atoms with Crippen LogP contribution in [0.4, 0.5) is 14.5 Å². The van der Waals surface area contributed by atoms with Gasteiger partial charge in [0.05, 0.1) is 7.11 Å². The fraction of sp³-hybridized carbons (Fsp3) is 0.167. The van der Waals surface area contributed by atoms with E-state index in [1.165, 1.54) is 31.5 Å². The molecule has 0 aliphatic rings. The van der Waals surface area contributed by atoms with Gasteiger partial charge >= 0.3 is 6.61 Å². The average Bonchev–Trinajstić information content (AvgIpc) is 2.40. The van der Waals surface area contributed by atoms with Crippen LogP contribution in [0.25, 0.3) is 0 Å². The second-order valence-corrected chi connectivity index (χ2v) is 3.17. The molecule has 0 spiro atoms. The Morgan fingerprint density at radius 1 is 1.32 bits per heavy atom. The maximum atomic E-state index is 12.1. The number of rotatable bonds is 5. The SMILES string of the molecule is COc1cc(NC=C(C#N)C#N)ccc1OC(F)F. The third kappa shape index (κ3) is 4.17. The van der Waals surface area contributed by atoms with E-state index in [-0.39, 0.29) is 17.1 Å². The van der Waals surface area contributed by atoms with E-state index in [0.717, 1.165) is 0 Å². The third-order valence-corrected chi connectivity index (χ3v) is 2.00. The van der Waals surface area contributed by atoms with Gasteiger partial charge < -0.3 is 14.8 Å². The van der Waals surface area contributed by atoms with Crippen molar-refractivity contribution in [2.45, 2.75) is 6.61 Å². The predicted octanol–water partition coefficient (Wildman–Crippen LogP) is 2.64. The van der Waals surface area contributed by atoms with Crippen molar-refractivity contribution in [2.24, 2.45) is 0 Å². The summed E-state index contributed by atoms with van der Waals surface area (Å²) < 4.78 is 33.4. The monoisotopic (exact) mass is 265 g/mol. The minimum absolute atomic E-state index is 0.104. The van der Waals surface area contributed by atoms with Crippen LogP contribution in [-0.4, -0.2) is 13.7 Å². The van der Waals surface area contributed by atoms with E-state index in [9.17, 15) is 8.78 Å². The number of hydrogen-bond donors (Lipinski definition) is 1. The lowest BCUT2D eigenvalue weighted by Gasteiger charge is -2.11. The minimum Gasteiger partial charge on any atom is -0.493 e. The van der Waals surface area contributed by atoms with Crippen LogP contribution in [0.1, 0.15) is 0 Å². The predicted molar refractivity (Wildman–Crippen MR) is 62.6 cm³/mol. The Morgan fingerprint density at radius 3 is 2.53 bits per heavy atom. The summed E-state index contributed by atoms with van der Waals surface area (Å²) in [6.45, 7) is -2.95. The van der Waals surface area contributed by atoms with Crippen LogP contribution in [-0.2, 0) is 0 Å². The number of ether oxygens (including phenoxy) is 2. The van der Waals surface area contributed by atoms with Gasteiger partial charge in [0.25, 0.3) is 0 Å². The van der Waals surface area contributed by atoms with Crippen LogP contribution >= 0.6 is 0 Å². The Kier molecular flexibility index (Phi) is 5.12. The number of allylic oxidation sites excluding steroid dienone is 1. The van der Waals surface area contributed by atoms with Gasteiger partial charge in [0.1, 0.15) is 17.7 Å². The summed E-state index contributed by atoms with van der Waals surface area (Å²) in [7, 11) is 1.31. The van der Waals surface area contributed by atoms with E-state index < -0.39 is 6.61 Å². The van der Waals surface area contributed by atoms with Gasteiger partial charge in [-0.2, -0.15) is 19.3 Å². The van der Waals surface area contributed by atoms with Gasteiger partial charge in [-0.3, -0.25) is 0 Å². The molecule has 0 atom stereocenters. The molecule has 98 valence electrons. The molecule has 1 aromatic carbocycles. The van der Waals surface area contributed by atoms with Crippen LogP contribution in [0.5, 0.6) is 11.5 Å². The number of alkyl halides is 2. The summed E-state index contributed by atoms with van der Waals surface area (Å²) in [5, 5.41) is 19.8. The standard InChI is InChI=1S/C12H9F2N3O2/c1-18-11-4-9(17-7-8(5-15)6-16)2-3-10(11)19-12(13)14/h2-4,7,12,17H,1H3. The lowest BCUT2D eigenvalue weighted by Crippen LogP contribution is -2.03. The number of anilines is 1. The molecule has 0 fully saturated rings. The molecule has 0 aliphatic heterocycles. The number of methoxy groups -OCH3 is 1. The van der Waals surface area contributed by atoms with Crippen molar-refractivity contribution >= 4 is 5.69 Å². The van der Waals surface area contributed by atoms with Crippen molar-refractivity contribution in [3.05, 3.63) is 30.0 Å². The summed E-state index contributed by atoms with van der Waals surface area (Å²) in [5.41, 5.74) is 0.341. The summed E-state index contributed by atoms with van der Waals surface area (Å²) >= 11 is 0. The lowest BCUT2D eigenvalue weighted by atomic mass is 10.2. The maximum absolute atomic E-state index is 12.1. The Morgan fingerprint density at radius 2 is 2.00 bits per heavy atom. The Labute approximate surface area is 108 Å². The molecule has 1 aromatic rings. The highest BCUT2D eigenvalue weighted by Gasteiger charge is 2.10. The van der Waals surface area contributed by atoms with E-state index >= 15 is 0 Å². The first-order valence-electron chi connectivity index (χ1n) is 5.00. The van der Waals surface area contributed by atoms with Crippen LogP contribution in [0.2, 0.25) is 0 Å². The molecule has 0 bridgehead atoms. The third-order valence-electron chi connectivity index (χ3n) is 2.00. The molecule has 7 heteroatoms. The second-order valence-electron chi connectivity index (χ2n) is 3.17. The Balaban J connectivity index is 2.92. The fourth-order valence-corrected chi connectivity index (χ4v) is 1.20. The molecule has 1 rings (SSSR count). The van der Waals surface area contributed by atoms with Crippen LogP contribution in [0.15, 0.2) is 30.0 Å². The summed E-state index contributed by atoms with van der Waals surface area (Å²) in [4.78, 5) is 0. The zero-order chi connectivity index (χ0) is 14.3. The van der Waals surface area contributed by atoms with E-state index in [0.29, 0.717) is 5.69 Å². The molecule has 0 heterocycles. The van der Waals surface area contributed by atoms with Crippen molar-refractivity contribution in [3.8, 4) is 23.6 Å². The number of halogens is 2. The molecular weight excluding hydrogens is 256 g/mol. The maximum Gasteiger partial charge on any atom is 0.387 e.